The Bertz CT molecular complexity index is 939. The van der Waals surface area contributed by atoms with Gasteiger partial charge in [-0.1, -0.05) is 42.5 Å². The van der Waals surface area contributed by atoms with Gasteiger partial charge in [0.05, 0.1) is 7.11 Å². The lowest BCUT2D eigenvalue weighted by molar-refractivity contribution is 0.235. The number of benzene rings is 2. The molecule has 0 saturated carbocycles. The lowest BCUT2D eigenvalue weighted by Gasteiger charge is -2.16. The van der Waals surface area contributed by atoms with Crippen LogP contribution in [0.5, 0.6) is 11.5 Å². The summed E-state index contributed by atoms with van der Waals surface area (Å²) in [4.78, 5) is 4.16. The summed E-state index contributed by atoms with van der Waals surface area (Å²) in [5, 5.41) is 0.700. The number of methoxy groups -OCH3 is 1. The van der Waals surface area contributed by atoms with Crippen LogP contribution in [0.25, 0.3) is 11.1 Å². The van der Waals surface area contributed by atoms with E-state index in [1.54, 1.807) is 13.3 Å². The molecule has 0 N–H and O–H groups in total. The van der Waals surface area contributed by atoms with Crippen molar-refractivity contribution in [3.63, 3.8) is 0 Å². The van der Waals surface area contributed by atoms with Crippen LogP contribution in [-0.4, -0.2) is 18.2 Å². The molecule has 0 radical (unpaired) electrons. The Morgan fingerprint density at radius 2 is 1.97 bits per heavy atom. The summed E-state index contributed by atoms with van der Waals surface area (Å²) in [5.41, 5.74) is 4.33. The smallest absolute Gasteiger partial charge is 0.128 e. The van der Waals surface area contributed by atoms with Crippen molar-refractivity contribution in [1.82, 2.24) is 4.98 Å². The monoisotopic (exact) mass is 407 g/mol. The Morgan fingerprint density at radius 1 is 1.17 bits per heavy atom. The second kappa shape index (κ2) is 10.1. The molecule has 0 saturated heterocycles. The minimum absolute atomic E-state index is 0.0233. The summed E-state index contributed by atoms with van der Waals surface area (Å²) < 4.78 is 11.6. The van der Waals surface area contributed by atoms with Crippen LogP contribution in [0, 0.1) is 6.92 Å². The van der Waals surface area contributed by atoms with Crippen molar-refractivity contribution in [3.05, 3.63) is 89.7 Å². The van der Waals surface area contributed by atoms with Crippen molar-refractivity contribution in [2.24, 2.45) is 0 Å². The summed E-state index contributed by atoms with van der Waals surface area (Å²) in [5.74, 6) is 1.58. The Labute approximate surface area is 178 Å². The maximum absolute atomic E-state index is 6.22. The number of pyridine rings is 1. The molecule has 1 atom stereocenters. The van der Waals surface area contributed by atoms with Crippen LogP contribution in [0.15, 0.2) is 73.6 Å². The van der Waals surface area contributed by atoms with Gasteiger partial charge >= 0.3 is 0 Å². The predicted octanol–water partition coefficient (Wildman–Crippen LogP) is 6.68. The van der Waals surface area contributed by atoms with Gasteiger partial charge in [0.25, 0.3) is 0 Å². The summed E-state index contributed by atoms with van der Waals surface area (Å²) in [6, 6.07) is 16.0. The van der Waals surface area contributed by atoms with E-state index < -0.39 is 0 Å². The van der Waals surface area contributed by atoms with E-state index in [-0.39, 0.29) is 6.10 Å². The molecule has 29 heavy (non-hydrogen) atoms. The highest BCUT2D eigenvalue weighted by Gasteiger charge is 2.11. The largest absolute Gasteiger partial charge is 0.496 e. The molecule has 1 heterocycles. The summed E-state index contributed by atoms with van der Waals surface area (Å²) in [7, 11) is 1.65. The van der Waals surface area contributed by atoms with Crippen molar-refractivity contribution in [3.8, 4) is 22.6 Å². The molecule has 0 bridgehead atoms. The molecule has 2 aromatic carbocycles. The van der Waals surface area contributed by atoms with Crippen LogP contribution in [0.3, 0.4) is 0 Å². The maximum atomic E-state index is 6.22. The van der Waals surface area contributed by atoms with Crippen molar-refractivity contribution < 1.29 is 9.47 Å². The zero-order valence-electron chi connectivity index (χ0n) is 16.9. The molecule has 0 unspecified atom stereocenters. The number of nitrogens with zero attached hydrogens (tertiary/aromatic N) is 1. The first kappa shape index (κ1) is 20.9. The fraction of sp³-hybridized carbons (Fsp3) is 0.240. The highest BCUT2D eigenvalue weighted by Crippen LogP contribution is 2.35. The van der Waals surface area contributed by atoms with E-state index in [1.165, 1.54) is 5.56 Å². The second-order valence-electron chi connectivity index (χ2n) is 6.97. The fourth-order valence-corrected chi connectivity index (χ4v) is 3.38. The van der Waals surface area contributed by atoms with E-state index in [0.29, 0.717) is 5.02 Å². The first-order chi connectivity index (χ1) is 14.1. The third kappa shape index (κ3) is 5.61. The van der Waals surface area contributed by atoms with Crippen LogP contribution in [0.1, 0.15) is 24.0 Å². The van der Waals surface area contributed by atoms with Crippen LogP contribution in [0.4, 0.5) is 0 Å². The van der Waals surface area contributed by atoms with Gasteiger partial charge in [-0.15, -0.1) is 0 Å². The molecule has 0 aliphatic carbocycles. The van der Waals surface area contributed by atoms with Gasteiger partial charge in [-0.05, 0) is 73.2 Å². The van der Waals surface area contributed by atoms with Gasteiger partial charge in [-0.2, -0.15) is 0 Å². The molecule has 0 aliphatic heterocycles. The van der Waals surface area contributed by atoms with Crippen molar-refractivity contribution in [2.75, 3.05) is 7.11 Å². The second-order valence-corrected chi connectivity index (χ2v) is 7.38. The topological polar surface area (TPSA) is 31.4 Å². The Balaban J connectivity index is 1.63. The fourth-order valence-electron chi connectivity index (χ4n) is 3.22. The quantitative estimate of drug-likeness (QED) is 0.371. The Hall–Kier alpha value is -2.78. The zero-order chi connectivity index (χ0) is 20.6. The van der Waals surface area contributed by atoms with Gasteiger partial charge in [0, 0.05) is 23.0 Å². The van der Waals surface area contributed by atoms with Gasteiger partial charge in [0.15, 0.2) is 0 Å². The molecule has 0 spiro atoms. The zero-order valence-corrected chi connectivity index (χ0v) is 17.7. The highest BCUT2D eigenvalue weighted by molar-refractivity contribution is 6.31. The first-order valence-electron chi connectivity index (χ1n) is 9.73. The van der Waals surface area contributed by atoms with Gasteiger partial charge in [0.2, 0.25) is 0 Å². The number of ether oxygens (including phenoxy) is 2. The molecule has 3 rings (SSSR count). The number of hydrogen-bond acceptors (Lipinski definition) is 3. The molecule has 0 aliphatic rings. The molecule has 3 nitrogen and oxygen atoms in total. The molecule has 1 aromatic heterocycles. The van der Waals surface area contributed by atoms with Crippen LogP contribution < -0.4 is 9.47 Å². The number of aromatic nitrogens is 1. The number of halogens is 1. The molecule has 3 aromatic rings. The molecule has 0 fully saturated rings. The van der Waals surface area contributed by atoms with Gasteiger partial charge in [-0.3, -0.25) is 4.98 Å². The van der Waals surface area contributed by atoms with Crippen molar-refractivity contribution in [2.45, 2.75) is 32.3 Å². The minimum atomic E-state index is -0.0233. The van der Waals surface area contributed by atoms with E-state index in [4.69, 9.17) is 21.1 Å². The van der Waals surface area contributed by atoms with Crippen molar-refractivity contribution in [1.29, 1.82) is 0 Å². The summed E-state index contributed by atoms with van der Waals surface area (Å²) in [6.07, 6.45) is 8.45. The Kier molecular flexibility index (Phi) is 7.31. The third-order valence-corrected chi connectivity index (χ3v) is 5.28. The van der Waals surface area contributed by atoms with E-state index >= 15 is 0 Å². The van der Waals surface area contributed by atoms with E-state index in [0.717, 1.165) is 47.5 Å². The van der Waals surface area contributed by atoms with Crippen LogP contribution >= 0.6 is 11.6 Å². The van der Waals surface area contributed by atoms with E-state index in [1.807, 2.05) is 61.7 Å². The van der Waals surface area contributed by atoms with E-state index in [2.05, 4.69) is 17.6 Å². The Morgan fingerprint density at radius 3 is 2.62 bits per heavy atom. The molecular formula is C25H26ClNO2. The maximum Gasteiger partial charge on any atom is 0.128 e. The summed E-state index contributed by atoms with van der Waals surface area (Å²) >= 11 is 6.22. The standard InChI is InChI=1S/C25H26ClNO2/c1-4-21(9-5-7-19-8-6-14-27-17-19)29-22-12-10-20(11-13-22)23-15-18(2)24(26)16-25(23)28-3/h4,6,8,10-17,21H,1,5,7,9H2,2-3H3/t21-/m0/s1. The van der Waals surface area contributed by atoms with Crippen molar-refractivity contribution >= 4 is 11.6 Å². The predicted molar refractivity (Wildman–Crippen MR) is 120 cm³/mol. The lowest BCUT2D eigenvalue weighted by Crippen LogP contribution is -2.13. The highest BCUT2D eigenvalue weighted by atomic mass is 35.5. The van der Waals surface area contributed by atoms with Crippen LogP contribution in [-0.2, 0) is 6.42 Å². The number of hydrogen-bond donors (Lipinski definition) is 0. The average molecular weight is 408 g/mol. The number of aryl methyl sites for hydroxylation is 2. The molecular weight excluding hydrogens is 382 g/mol. The van der Waals surface area contributed by atoms with E-state index in [9.17, 15) is 0 Å². The number of rotatable bonds is 9. The molecule has 150 valence electrons. The van der Waals surface area contributed by atoms with Crippen LogP contribution in [0.2, 0.25) is 5.02 Å². The lowest BCUT2D eigenvalue weighted by atomic mass is 10.0. The molecule has 4 heteroatoms. The summed E-state index contributed by atoms with van der Waals surface area (Å²) in [6.45, 7) is 5.91. The molecule has 0 amide bonds. The third-order valence-electron chi connectivity index (χ3n) is 4.87. The normalized spacial score (nSPS) is 11.7. The first-order valence-corrected chi connectivity index (χ1v) is 10.1. The van der Waals surface area contributed by atoms with Gasteiger partial charge < -0.3 is 9.47 Å². The average Bonchev–Trinajstić information content (AvgIpc) is 2.76. The minimum Gasteiger partial charge on any atom is -0.496 e. The SMILES string of the molecule is C=C[C@@H](CCCc1cccnc1)Oc1ccc(-c2cc(C)c(Cl)cc2OC)cc1. The van der Waals surface area contributed by atoms with Gasteiger partial charge in [-0.25, -0.2) is 0 Å². The van der Waals surface area contributed by atoms with Gasteiger partial charge in [0.1, 0.15) is 17.6 Å².